The van der Waals surface area contributed by atoms with Gasteiger partial charge in [-0.25, -0.2) is 0 Å². The normalized spacial score (nSPS) is 17.4. The smallest absolute Gasteiger partial charge is 0.258 e. The van der Waals surface area contributed by atoms with Crippen molar-refractivity contribution in [1.82, 2.24) is 4.90 Å². The van der Waals surface area contributed by atoms with Gasteiger partial charge in [0.1, 0.15) is 12.4 Å². The lowest BCUT2D eigenvalue weighted by Crippen LogP contribution is -2.38. The van der Waals surface area contributed by atoms with Gasteiger partial charge in [-0.05, 0) is 55.8 Å². The molecular formula is C20H22N2O2. The van der Waals surface area contributed by atoms with E-state index in [1.165, 1.54) is 18.4 Å². The number of likely N-dealkylation sites (tertiary alicyclic amines) is 1. The molecule has 0 radical (unpaired) electrons. The zero-order valence-corrected chi connectivity index (χ0v) is 13.8. The number of fused-ring (bicyclic) bond motifs is 1. The van der Waals surface area contributed by atoms with Gasteiger partial charge in [0.25, 0.3) is 5.91 Å². The Hall–Kier alpha value is -2.33. The largest absolute Gasteiger partial charge is 0.490 e. The van der Waals surface area contributed by atoms with Gasteiger partial charge in [0.2, 0.25) is 0 Å². The maximum absolute atomic E-state index is 13.0. The number of nitrogens with zero attached hydrogens (tertiary/aromatic N) is 2. The van der Waals surface area contributed by atoms with E-state index in [2.05, 4.69) is 11.0 Å². The number of para-hydroxylation sites is 2. The number of ether oxygens (including phenoxy) is 1. The SMILES string of the molecule is O=C(c1cccc(CN2CCCC2)c1)N1CCOc2ccccc21. The molecule has 2 aromatic carbocycles. The monoisotopic (exact) mass is 322 g/mol. The van der Waals surface area contributed by atoms with E-state index in [1.54, 1.807) is 0 Å². The third-order valence-corrected chi connectivity index (χ3v) is 4.75. The molecular weight excluding hydrogens is 300 g/mol. The number of benzene rings is 2. The van der Waals surface area contributed by atoms with Crippen molar-refractivity contribution < 1.29 is 9.53 Å². The molecule has 2 aliphatic heterocycles. The lowest BCUT2D eigenvalue weighted by Gasteiger charge is -2.29. The first kappa shape index (κ1) is 15.2. The van der Waals surface area contributed by atoms with Gasteiger partial charge in [0.15, 0.2) is 0 Å². The molecule has 2 aromatic rings. The fraction of sp³-hybridized carbons (Fsp3) is 0.350. The Morgan fingerprint density at radius 3 is 2.71 bits per heavy atom. The van der Waals surface area contributed by atoms with Gasteiger partial charge in [-0.1, -0.05) is 24.3 Å². The van der Waals surface area contributed by atoms with E-state index in [1.807, 2.05) is 47.4 Å². The predicted octanol–water partition coefficient (Wildman–Crippen LogP) is 3.32. The molecule has 1 fully saturated rings. The Morgan fingerprint density at radius 1 is 1.00 bits per heavy atom. The van der Waals surface area contributed by atoms with E-state index in [0.29, 0.717) is 13.2 Å². The number of carbonyl (C=O) groups is 1. The highest BCUT2D eigenvalue weighted by Crippen LogP contribution is 2.32. The van der Waals surface area contributed by atoms with Gasteiger partial charge < -0.3 is 9.64 Å². The van der Waals surface area contributed by atoms with Crippen molar-refractivity contribution in [3.63, 3.8) is 0 Å². The van der Waals surface area contributed by atoms with E-state index in [9.17, 15) is 4.79 Å². The zero-order valence-electron chi connectivity index (χ0n) is 13.8. The first-order valence-electron chi connectivity index (χ1n) is 8.66. The van der Waals surface area contributed by atoms with Crippen molar-refractivity contribution in [2.24, 2.45) is 0 Å². The van der Waals surface area contributed by atoms with Crippen molar-refractivity contribution in [3.05, 3.63) is 59.7 Å². The van der Waals surface area contributed by atoms with Gasteiger partial charge >= 0.3 is 0 Å². The molecule has 1 amide bonds. The van der Waals surface area contributed by atoms with Crippen molar-refractivity contribution in [3.8, 4) is 5.75 Å². The average molecular weight is 322 g/mol. The molecule has 0 saturated carbocycles. The summed E-state index contributed by atoms with van der Waals surface area (Å²) in [7, 11) is 0. The van der Waals surface area contributed by atoms with Crippen LogP contribution in [-0.4, -0.2) is 37.0 Å². The summed E-state index contributed by atoms with van der Waals surface area (Å²) in [6.07, 6.45) is 2.56. The van der Waals surface area contributed by atoms with Gasteiger partial charge in [0, 0.05) is 12.1 Å². The van der Waals surface area contributed by atoms with Crippen molar-refractivity contribution >= 4 is 11.6 Å². The third kappa shape index (κ3) is 3.02. The minimum Gasteiger partial charge on any atom is -0.490 e. The summed E-state index contributed by atoms with van der Waals surface area (Å²) in [6.45, 7) is 4.38. The Morgan fingerprint density at radius 2 is 1.83 bits per heavy atom. The van der Waals surface area contributed by atoms with Crippen LogP contribution in [0.1, 0.15) is 28.8 Å². The van der Waals surface area contributed by atoms with Crippen LogP contribution < -0.4 is 9.64 Å². The highest BCUT2D eigenvalue weighted by atomic mass is 16.5. The quantitative estimate of drug-likeness (QED) is 0.869. The number of anilines is 1. The molecule has 4 heteroatoms. The second-order valence-corrected chi connectivity index (χ2v) is 6.46. The van der Waals surface area contributed by atoms with Crippen molar-refractivity contribution in [2.45, 2.75) is 19.4 Å². The van der Waals surface area contributed by atoms with E-state index in [4.69, 9.17) is 4.74 Å². The standard InChI is InChI=1S/C20H22N2O2/c23-20(22-12-13-24-19-9-2-1-8-18(19)22)17-7-5-6-16(14-17)15-21-10-3-4-11-21/h1-2,5-9,14H,3-4,10-13,15H2. The van der Waals surface area contributed by atoms with Gasteiger partial charge in [-0.3, -0.25) is 9.69 Å². The maximum atomic E-state index is 13.0. The Bertz CT molecular complexity index is 738. The number of amides is 1. The third-order valence-electron chi connectivity index (χ3n) is 4.75. The molecule has 4 rings (SSSR count). The summed E-state index contributed by atoms with van der Waals surface area (Å²) in [5.74, 6) is 0.833. The first-order valence-corrected chi connectivity index (χ1v) is 8.66. The molecule has 0 aromatic heterocycles. The van der Waals surface area contributed by atoms with Crippen LogP contribution >= 0.6 is 0 Å². The number of hydrogen-bond acceptors (Lipinski definition) is 3. The van der Waals surface area contributed by atoms with Crippen LogP contribution in [0.5, 0.6) is 5.75 Å². The molecule has 0 atom stereocenters. The Kier molecular flexibility index (Phi) is 4.22. The first-order chi connectivity index (χ1) is 11.8. The highest BCUT2D eigenvalue weighted by molar-refractivity contribution is 6.07. The molecule has 4 nitrogen and oxygen atoms in total. The summed E-state index contributed by atoms with van der Waals surface area (Å²) < 4.78 is 5.65. The number of hydrogen-bond donors (Lipinski definition) is 0. The van der Waals surface area contributed by atoms with E-state index in [0.717, 1.165) is 36.6 Å². The lowest BCUT2D eigenvalue weighted by atomic mass is 10.1. The minimum absolute atomic E-state index is 0.0500. The highest BCUT2D eigenvalue weighted by Gasteiger charge is 2.24. The zero-order chi connectivity index (χ0) is 16.4. The van der Waals surface area contributed by atoms with Crippen LogP contribution in [0.4, 0.5) is 5.69 Å². The molecule has 0 N–H and O–H groups in total. The molecule has 0 bridgehead atoms. The van der Waals surface area contributed by atoms with E-state index in [-0.39, 0.29) is 5.91 Å². The van der Waals surface area contributed by atoms with E-state index >= 15 is 0 Å². The van der Waals surface area contributed by atoms with Crippen LogP contribution in [0.15, 0.2) is 48.5 Å². The van der Waals surface area contributed by atoms with Gasteiger partial charge in [-0.15, -0.1) is 0 Å². The van der Waals surface area contributed by atoms with E-state index < -0.39 is 0 Å². The van der Waals surface area contributed by atoms with Crippen LogP contribution in [0.3, 0.4) is 0 Å². The topological polar surface area (TPSA) is 32.8 Å². The van der Waals surface area contributed by atoms with Crippen LogP contribution in [-0.2, 0) is 6.54 Å². The molecule has 1 saturated heterocycles. The summed E-state index contributed by atoms with van der Waals surface area (Å²) in [5, 5.41) is 0. The van der Waals surface area contributed by atoms with Crippen molar-refractivity contribution in [1.29, 1.82) is 0 Å². The molecule has 0 unspecified atom stereocenters. The van der Waals surface area contributed by atoms with Crippen LogP contribution in [0.2, 0.25) is 0 Å². The molecule has 2 aliphatic rings. The second kappa shape index (κ2) is 6.65. The Labute approximate surface area is 142 Å². The lowest BCUT2D eigenvalue weighted by molar-refractivity contribution is 0.0976. The molecule has 0 spiro atoms. The molecule has 2 heterocycles. The maximum Gasteiger partial charge on any atom is 0.258 e. The summed E-state index contributed by atoms with van der Waals surface area (Å²) in [4.78, 5) is 17.3. The molecule has 0 aliphatic carbocycles. The van der Waals surface area contributed by atoms with Crippen LogP contribution in [0, 0.1) is 0 Å². The number of carbonyl (C=O) groups excluding carboxylic acids is 1. The summed E-state index contributed by atoms with van der Waals surface area (Å²) in [5.41, 5.74) is 2.83. The minimum atomic E-state index is 0.0500. The Balaban J connectivity index is 1.56. The van der Waals surface area contributed by atoms with Crippen LogP contribution in [0.25, 0.3) is 0 Å². The molecule has 24 heavy (non-hydrogen) atoms. The fourth-order valence-electron chi connectivity index (χ4n) is 3.54. The van der Waals surface area contributed by atoms with Gasteiger partial charge in [0.05, 0.1) is 12.2 Å². The fourth-order valence-corrected chi connectivity index (χ4v) is 3.54. The van der Waals surface area contributed by atoms with Crippen molar-refractivity contribution in [2.75, 3.05) is 31.1 Å². The van der Waals surface area contributed by atoms with Gasteiger partial charge in [-0.2, -0.15) is 0 Å². The second-order valence-electron chi connectivity index (χ2n) is 6.46. The average Bonchev–Trinajstić information content (AvgIpc) is 3.14. The predicted molar refractivity (Wildman–Crippen MR) is 94.6 cm³/mol. The number of rotatable bonds is 3. The molecule has 124 valence electrons. The summed E-state index contributed by atoms with van der Waals surface area (Å²) in [6, 6.07) is 15.8. The summed E-state index contributed by atoms with van der Waals surface area (Å²) >= 11 is 0.